The lowest BCUT2D eigenvalue weighted by Gasteiger charge is -2.44. The third-order valence-corrected chi connectivity index (χ3v) is 5.18. The molecule has 0 unspecified atom stereocenters. The lowest BCUT2D eigenvalue weighted by Crippen LogP contribution is -2.53. The molecule has 0 spiro atoms. The van der Waals surface area contributed by atoms with Crippen molar-refractivity contribution in [2.45, 2.75) is 31.5 Å². The lowest BCUT2D eigenvalue weighted by atomic mass is 9.91. The number of hydrogen-bond donors (Lipinski definition) is 1. The molecular formula is C20H19Cl2NO4. The summed E-state index contributed by atoms with van der Waals surface area (Å²) in [6.45, 7) is 1.57. The first-order valence-electron chi connectivity index (χ1n) is 8.59. The first-order chi connectivity index (χ1) is 12.9. The van der Waals surface area contributed by atoms with E-state index in [1.54, 1.807) is 43.3 Å². The molecule has 0 radical (unpaired) electrons. The summed E-state index contributed by atoms with van der Waals surface area (Å²) < 4.78 is 5.86. The molecule has 5 nitrogen and oxygen atoms in total. The predicted octanol–water partition coefficient (Wildman–Crippen LogP) is 4.50. The van der Waals surface area contributed by atoms with E-state index in [1.165, 1.54) is 4.90 Å². The number of ether oxygens (including phenoxy) is 1. The summed E-state index contributed by atoms with van der Waals surface area (Å²) in [6, 6.07) is 12.6. The second-order valence-electron chi connectivity index (χ2n) is 6.34. The van der Waals surface area contributed by atoms with Crippen molar-refractivity contribution in [1.29, 1.82) is 0 Å². The molecule has 0 aromatic heterocycles. The Kier molecular flexibility index (Phi) is 6.05. The molecule has 2 aromatic carbocycles. The van der Waals surface area contributed by atoms with Gasteiger partial charge >= 0.3 is 5.97 Å². The van der Waals surface area contributed by atoms with Crippen LogP contribution in [0.4, 0.5) is 0 Å². The number of hydrogen-bond acceptors (Lipinski definition) is 3. The van der Waals surface area contributed by atoms with E-state index < -0.39 is 24.2 Å². The molecule has 3 rings (SSSR count). The van der Waals surface area contributed by atoms with Gasteiger partial charge in [0, 0.05) is 10.0 Å². The molecule has 2 aromatic rings. The minimum Gasteiger partial charge on any atom is -0.480 e. The Labute approximate surface area is 167 Å². The maximum Gasteiger partial charge on any atom is 0.326 e. The summed E-state index contributed by atoms with van der Waals surface area (Å²) in [4.78, 5) is 25.9. The number of carbonyl (C=O) groups is 2. The van der Waals surface area contributed by atoms with E-state index in [0.29, 0.717) is 16.5 Å². The van der Waals surface area contributed by atoms with Gasteiger partial charge in [0.2, 0.25) is 5.91 Å². The highest BCUT2D eigenvalue weighted by atomic mass is 35.5. The van der Waals surface area contributed by atoms with Gasteiger partial charge in [0.05, 0.1) is 6.04 Å². The maximum absolute atomic E-state index is 12.7. The zero-order valence-corrected chi connectivity index (χ0v) is 16.2. The van der Waals surface area contributed by atoms with Crippen LogP contribution >= 0.6 is 23.2 Å². The van der Waals surface area contributed by atoms with E-state index in [2.05, 4.69) is 0 Å². The minimum atomic E-state index is -1.04. The molecule has 0 aliphatic carbocycles. The second kappa shape index (κ2) is 8.30. The highest BCUT2D eigenvalue weighted by Crippen LogP contribution is 2.42. The van der Waals surface area contributed by atoms with Gasteiger partial charge in [-0.15, -0.1) is 0 Å². The number of halogens is 2. The van der Waals surface area contributed by atoms with Crippen molar-refractivity contribution in [2.75, 3.05) is 6.61 Å². The van der Waals surface area contributed by atoms with Gasteiger partial charge in [0.1, 0.15) is 18.8 Å². The Morgan fingerprint density at radius 3 is 2.11 bits per heavy atom. The fraction of sp³-hybridized carbons (Fsp3) is 0.300. The fourth-order valence-corrected chi connectivity index (χ4v) is 3.66. The first kappa shape index (κ1) is 19.7. The molecule has 1 aliphatic rings. The molecular weight excluding hydrogens is 389 g/mol. The van der Waals surface area contributed by atoms with Gasteiger partial charge in [0.25, 0.3) is 0 Å². The monoisotopic (exact) mass is 407 g/mol. The molecule has 1 aliphatic heterocycles. The van der Waals surface area contributed by atoms with Crippen LogP contribution in [0.1, 0.15) is 36.6 Å². The van der Waals surface area contributed by atoms with Crippen molar-refractivity contribution in [3.8, 4) is 0 Å². The molecule has 1 saturated heterocycles. The first-order valence-corrected chi connectivity index (χ1v) is 9.34. The van der Waals surface area contributed by atoms with E-state index in [1.807, 2.05) is 12.1 Å². The van der Waals surface area contributed by atoms with Gasteiger partial charge in [-0.3, -0.25) is 4.79 Å². The van der Waals surface area contributed by atoms with Crippen LogP contribution in [-0.2, 0) is 14.3 Å². The molecule has 1 N–H and O–H groups in total. The van der Waals surface area contributed by atoms with E-state index in [-0.39, 0.29) is 12.5 Å². The van der Waals surface area contributed by atoms with Crippen molar-refractivity contribution >= 4 is 35.1 Å². The minimum absolute atomic E-state index is 0.179. The average Bonchev–Trinajstić information content (AvgIpc) is 2.65. The Hall–Kier alpha value is -2.08. The van der Waals surface area contributed by atoms with E-state index >= 15 is 0 Å². The number of morpholine rings is 1. The Balaban J connectivity index is 2.11. The quantitative estimate of drug-likeness (QED) is 0.791. The molecule has 1 heterocycles. The number of aliphatic carboxylic acids is 1. The topological polar surface area (TPSA) is 66.8 Å². The zero-order chi connectivity index (χ0) is 19.6. The van der Waals surface area contributed by atoms with E-state index in [4.69, 9.17) is 27.9 Å². The van der Waals surface area contributed by atoms with Crippen LogP contribution in [0.5, 0.6) is 0 Å². The number of nitrogens with zero attached hydrogens (tertiary/aromatic N) is 1. The van der Waals surface area contributed by atoms with Gasteiger partial charge in [-0.25, -0.2) is 4.79 Å². The lowest BCUT2D eigenvalue weighted by molar-refractivity contribution is -0.171. The Bertz CT molecular complexity index is 823. The molecule has 1 fully saturated rings. The van der Waals surface area contributed by atoms with Gasteiger partial charge in [-0.05, 0) is 41.8 Å². The fourth-order valence-electron chi connectivity index (χ4n) is 3.41. The summed E-state index contributed by atoms with van der Waals surface area (Å²) in [7, 11) is 0. The van der Waals surface area contributed by atoms with E-state index in [0.717, 1.165) is 11.1 Å². The number of benzene rings is 2. The smallest absolute Gasteiger partial charge is 0.326 e. The standard InChI is InChI=1S/C20H19Cl2NO4/c1-2-16(20(25)26)23-17(24)11-27-19(13-5-9-15(22)10-6-13)18(23)12-3-7-14(21)8-4-12/h3-10,16,18-19H,2,11H2,1H3,(H,25,26)/t16-,18+,19-/m0/s1. The van der Waals surface area contributed by atoms with Crippen molar-refractivity contribution in [1.82, 2.24) is 4.90 Å². The van der Waals surface area contributed by atoms with Gasteiger partial charge < -0.3 is 14.7 Å². The SMILES string of the molecule is CC[C@@H](C(=O)O)N1C(=O)CO[C@@H](c2ccc(Cl)cc2)[C@H]1c1ccc(Cl)cc1. The maximum atomic E-state index is 12.7. The summed E-state index contributed by atoms with van der Waals surface area (Å²) in [5.74, 6) is -1.39. The summed E-state index contributed by atoms with van der Waals surface area (Å²) >= 11 is 12.0. The van der Waals surface area contributed by atoms with Crippen LogP contribution in [0.25, 0.3) is 0 Å². The van der Waals surface area contributed by atoms with Crippen molar-refractivity contribution in [2.24, 2.45) is 0 Å². The highest BCUT2D eigenvalue weighted by Gasteiger charge is 2.43. The molecule has 27 heavy (non-hydrogen) atoms. The van der Waals surface area contributed by atoms with Crippen LogP contribution in [-0.4, -0.2) is 34.5 Å². The zero-order valence-electron chi connectivity index (χ0n) is 14.6. The van der Waals surface area contributed by atoms with Crippen LogP contribution in [0.2, 0.25) is 10.0 Å². The number of amides is 1. The molecule has 0 saturated carbocycles. The molecule has 0 bridgehead atoms. The normalized spacial score (nSPS) is 21.1. The molecule has 3 atom stereocenters. The summed E-state index contributed by atoms with van der Waals surface area (Å²) in [5.41, 5.74) is 1.57. The third-order valence-electron chi connectivity index (χ3n) is 4.68. The van der Waals surface area contributed by atoms with Gasteiger partial charge in [-0.2, -0.15) is 0 Å². The average molecular weight is 408 g/mol. The molecule has 142 valence electrons. The number of carbonyl (C=O) groups excluding carboxylic acids is 1. The predicted molar refractivity (Wildman–Crippen MR) is 103 cm³/mol. The summed E-state index contributed by atoms with van der Waals surface area (Å²) in [5, 5.41) is 10.8. The summed E-state index contributed by atoms with van der Waals surface area (Å²) in [6.07, 6.45) is -0.229. The second-order valence-corrected chi connectivity index (χ2v) is 7.22. The van der Waals surface area contributed by atoms with Crippen LogP contribution in [0.3, 0.4) is 0 Å². The Morgan fingerprint density at radius 1 is 1.11 bits per heavy atom. The van der Waals surface area contributed by atoms with E-state index in [9.17, 15) is 14.7 Å². The highest BCUT2D eigenvalue weighted by molar-refractivity contribution is 6.30. The van der Waals surface area contributed by atoms with Crippen LogP contribution < -0.4 is 0 Å². The van der Waals surface area contributed by atoms with Crippen molar-refractivity contribution in [3.63, 3.8) is 0 Å². The van der Waals surface area contributed by atoms with Crippen molar-refractivity contribution < 1.29 is 19.4 Å². The third kappa shape index (κ3) is 4.10. The van der Waals surface area contributed by atoms with Crippen molar-refractivity contribution in [3.05, 3.63) is 69.7 Å². The Morgan fingerprint density at radius 2 is 1.63 bits per heavy atom. The van der Waals surface area contributed by atoms with Gasteiger partial charge in [-0.1, -0.05) is 54.4 Å². The number of rotatable bonds is 5. The van der Waals surface area contributed by atoms with Crippen LogP contribution in [0, 0.1) is 0 Å². The van der Waals surface area contributed by atoms with Gasteiger partial charge in [0.15, 0.2) is 0 Å². The molecule has 1 amide bonds. The van der Waals surface area contributed by atoms with Crippen LogP contribution in [0.15, 0.2) is 48.5 Å². The largest absolute Gasteiger partial charge is 0.480 e. The number of carboxylic acids is 1. The molecule has 7 heteroatoms. The number of carboxylic acid groups (broad SMARTS) is 1.